The highest BCUT2D eigenvalue weighted by Crippen LogP contribution is 2.17. The third kappa shape index (κ3) is 6.34. The molecule has 0 aliphatic heterocycles. The Morgan fingerprint density at radius 1 is 0.696 bits per heavy atom. The smallest absolute Gasteiger partial charge is 0.0574 e. The summed E-state index contributed by atoms with van der Waals surface area (Å²) < 4.78 is 0. The molecule has 0 radical (unpaired) electrons. The Labute approximate surface area is 139 Å². The number of nitrogen functional groups attached to an aromatic ring is 2. The number of anilines is 4. The summed E-state index contributed by atoms with van der Waals surface area (Å²) in [6.45, 7) is 1.76. The van der Waals surface area contributed by atoms with Crippen LogP contribution in [0.4, 0.5) is 22.7 Å². The lowest BCUT2D eigenvalue weighted by Gasteiger charge is -2.08. The predicted molar refractivity (Wildman–Crippen MR) is 104 cm³/mol. The highest BCUT2D eigenvalue weighted by atomic mass is 14.9. The summed E-state index contributed by atoms with van der Waals surface area (Å²) in [4.78, 5) is 0. The van der Waals surface area contributed by atoms with E-state index in [-0.39, 0.29) is 7.43 Å². The third-order valence-electron chi connectivity index (χ3n) is 3.34. The van der Waals surface area contributed by atoms with E-state index in [1.807, 2.05) is 48.5 Å². The normalized spacial score (nSPS) is 10.3. The molecule has 0 saturated heterocycles. The molecule has 23 heavy (non-hydrogen) atoms. The van der Waals surface area contributed by atoms with Gasteiger partial charge in [0.25, 0.3) is 0 Å². The van der Waals surface area contributed by atoms with Crippen LogP contribution in [0, 0.1) is 0 Å². The van der Waals surface area contributed by atoms with E-state index >= 15 is 0 Å². The van der Waals surface area contributed by atoms with Gasteiger partial charge >= 0.3 is 0 Å². The lowest BCUT2D eigenvalue weighted by atomic mass is 10.2. The average Bonchev–Trinajstić information content (AvgIpc) is 2.53. The van der Waals surface area contributed by atoms with Crippen LogP contribution in [0.5, 0.6) is 0 Å². The Hall–Kier alpha value is -2.62. The van der Waals surface area contributed by atoms with Crippen molar-refractivity contribution in [2.24, 2.45) is 0 Å². The van der Waals surface area contributed by atoms with E-state index in [1.54, 1.807) is 0 Å². The van der Waals surface area contributed by atoms with E-state index in [0.717, 1.165) is 48.7 Å². The average molecular weight is 312 g/mol. The van der Waals surface area contributed by atoms with Gasteiger partial charge in [0.1, 0.15) is 0 Å². The van der Waals surface area contributed by atoms with Crippen LogP contribution in [0.1, 0.15) is 20.3 Å². The molecule has 0 atom stereocenters. The standard InChI is InChI=1S/C18H24N4.CH4/c19-15-9-3-5-11-17(15)21-13-7-1-2-8-14-22-18-12-6-4-10-16(18)20;/h1-6,9-12,21-22H,7-8,13-14,19-20H2;1H4/b2-1+;. The molecule has 0 fully saturated rings. The number of benzene rings is 2. The molecule has 4 heteroatoms. The topological polar surface area (TPSA) is 76.1 Å². The van der Waals surface area contributed by atoms with Gasteiger partial charge < -0.3 is 22.1 Å². The second-order valence-corrected chi connectivity index (χ2v) is 5.08. The van der Waals surface area contributed by atoms with Gasteiger partial charge in [-0.25, -0.2) is 0 Å². The molecular formula is C19H28N4. The zero-order valence-electron chi connectivity index (χ0n) is 12.8. The minimum atomic E-state index is 0. The van der Waals surface area contributed by atoms with E-state index in [9.17, 15) is 0 Å². The van der Waals surface area contributed by atoms with Gasteiger partial charge in [0.05, 0.1) is 22.7 Å². The molecule has 0 amide bonds. The highest BCUT2D eigenvalue weighted by molar-refractivity contribution is 5.66. The molecule has 2 aromatic carbocycles. The lowest BCUT2D eigenvalue weighted by Crippen LogP contribution is -2.03. The summed E-state index contributed by atoms with van der Waals surface area (Å²) in [5, 5.41) is 6.66. The number of hydrogen-bond acceptors (Lipinski definition) is 4. The zero-order valence-corrected chi connectivity index (χ0v) is 12.8. The summed E-state index contributed by atoms with van der Waals surface area (Å²) in [5.41, 5.74) is 15.3. The lowest BCUT2D eigenvalue weighted by molar-refractivity contribution is 1.02. The highest BCUT2D eigenvalue weighted by Gasteiger charge is 1.95. The minimum absolute atomic E-state index is 0. The van der Waals surface area contributed by atoms with Crippen molar-refractivity contribution in [2.75, 3.05) is 35.2 Å². The first-order chi connectivity index (χ1) is 10.8. The number of rotatable bonds is 8. The molecule has 4 nitrogen and oxygen atoms in total. The number of para-hydroxylation sites is 4. The molecule has 2 aromatic rings. The van der Waals surface area contributed by atoms with Gasteiger partial charge in [-0.05, 0) is 37.1 Å². The Kier molecular flexibility index (Phi) is 8.14. The molecule has 0 aromatic heterocycles. The molecule has 0 saturated carbocycles. The van der Waals surface area contributed by atoms with Crippen molar-refractivity contribution in [3.8, 4) is 0 Å². The maximum absolute atomic E-state index is 5.87. The van der Waals surface area contributed by atoms with Gasteiger partial charge in [-0.3, -0.25) is 0 Å². The van der Waals surface area contributed by atoms with Gasteiger partial charge in [0.15, 0.2) is 0 Å². The van der Waals surface area contributed by atoms with Gasteiger partial charge in [-0.1, -0.05) is 43.8 Å². The molecule has 0 heterocycles. The van der Waals surface area contributed by atoms with Crippen LogP contribution < -0.4 is 22.1 Å². The van der Waals surface area contributed by atoms with Crippen LogP contribution in [-0.4, -0.2) is 13.1 Å². The fourth-order valence-electron chi connectivity index (χ4n) is 2.13. The Balaban J connectivity index is 0.00000264. The summed E-state index contributed by atoms with van der Waals surface area (Å²) >= 11 is 0. The Bertz CT molecular complexity index is 554. The SMILES string of the molecule is C.Nc1ccccc1NCC/C=C/CCNc1ccccc1N. The monoisotopic (exact) mass is 312 g/mol. The fourth-order valence-corrected chi connectivity index (χ4v) is 2.13. The molecule has 124 valence electrons. The van der Waals surface area contributed by atoms with E-state index < -0.39 is 0 Å². The van der Waals surface area contributed by atoms with Gasteiger partial charge in [0, 0.05) is 13.1 Å². The first-order valence-electron chi connectivity index (χ1n) is 7.59. The van der Waals surface area contributed by atoms with Crippen LogP contribution in [0.15, 0.2) is 60.7 Å². The molecule has 6 N–H and O–H groups in total. The van der Waals surface area contributed by atoms with Gasteiger partial charge in [-0.15, -0.1) is 0 Å². The van der Waals surface area contributed by atoms with E-state index in [0.29, 0.717) is 0 Å². The van der Waals surface area contributed by atoms with E-state index in [1.165, 1.54) is 0 Å². The molecular weight excluding hydrogens is 284 g/mol. The van der Waals surface area contributed by atoms with E-state index in [2.05, 4.69) is 22.8 Å². The van der Waals surface area contributed by atoms with Crippen LogP contribution in [0.25, 0.3) is 0 Å². The van der Waals surface area contributed by atoms with Crippen molar-refractivity contribution in [3.05, 3.63) is 60.7 Å². The fraction of sp³-hybridized carbons (Fsp3) is 0.263. The first-order valence-corrected chi connectivity index (χ1v) is 7.59. The van der Waals surface area contributed by atoms with Crippen LogP contribution in [-0.2, 0) is 0 Å². The predicted octanol–water partition coefficient (Wildman–Crippen LogP) is 4.35. The third-order valence-corrected chi connectivity index (χ3v) is 3.34. The molecule has 0 aliphatic carbocycles. The largest absolute Gasteiger partial charge is 0.397 e. The quantitative estimate of drug-likeness (QED) is 0.332. The zero-order chi connectivity index (χ0) is 15.6. The van der Waals surface area contributed by atoms with Crippen molar-refractivity contribution in [3.63, 3.8) is 0 Å². The summed E-state index contributed by atoms with van der Waals surface area (Å²) in [5.74, 6) is 0. The molecule has 0 unspecified atom stereocenters. The second kappa shape index (κ2) is 10.2. The molecule has 0 spiro atoms. The number of nitrogens with two attached hydrogens (primary N) is 2. The molecule has 0 bridgehead atoms. The summed E-state index contributed by atoms with van der Waals surface area (Å²) in [6.07, 6.45) is 6.31. The van der Waals surface area contributed by atoms with Crippen molar-refractivity contribution >= 4 is 22.7 Å². The van der Waals surface area contributed by atoms with E-state index in [4.69, 9.17) is 11.5 Å². The maximum atomic E-state index is 5.87. The number of hydrogen-bond donors (Lipinski definition) is 4. The van der Waals surface area contributed by atoms with Gasteiger partial charge in [-0.2, -0.15) is 0 Å². The maximum Gasteiger partial charge on any atom is 0.0574 e. The molecule has 0 aliphatic rings. The molecule has 2 rings (SSSR count). The second-order valence-electron chi connectivity index (χ2n) is 5.08. The summed E-state index contributed by atoms with van der Waals surface area (Å²) in [7, 11) is 0. The van der Waals surface area contributed by atoms with Crippen molar-refractivity contribution < 1.29 is 0 Å². The van der Waals surface area contributed by atoms with Crippen molar-refractivity contribution in [1.82, 2.24) is 0 Å². The van der Waals surface area contributed by atoms with Crippen molar-refractivity contribution in [1.29, 1.82) is 0 Å². The first kappa shape index (κ1) is 18.4. The minimum Gasteiger partial charge on any atom is -0.397 e. The van der Waals surface area contributed by atoms with Crippen LogP contribution >= 0.6 is 0 Å². The Morgan fingerprint density at radius 3 is 1.48 bits per heavy atom. The van der Waals surface area contributed by atoms with Gasteiger partial charge in [0.2, 0.25) is 0 Å². The summed E-state index contributed by atoms with van der Waals surface area (Å²) in [6, 6.07) is 15.6. The van der Waals surface area contributed by atoms with Crippen LogP contribution in [0.2, 0.25) is 0 Å². The Morgan fingerprint density at radius 2 is 1.09 bits per heavy atom. The van der Waals surface area contributed by atoms with Crippen LogP contribution in [0.3, 0.4) is 0 Å². The number of nitrogens with one attached hydrogen (secondary N) is 2. The van der Waals surface area contributed by atoms with Crippen molar-refractivity contribution in [2.45, 2.75) is 20.3 Å².